The summed E-state index contributed by atoms with van der Waals surface area (Å²) in [4.78, 5) is 30.0. The molecular weight excluding hydrogens is 318 g/mol. The van der Waals surface area contributed by atoms with Gasteiger partial charge < -0.3 is 4.74 Å². The van der Waals surface area contributed by atoms with Crippen LogP contribution in [0.25, 0.3) is 10.2 Å². The van der Waals surface area contributed by atoms with E-state index in [0.29, 0.717) is 10.4 Å². The number of thiophene rings is 1. The number of esters is 1. The molecule has 0 aliphatic rings. The lowest BCUT2D eigenvalue weighted by atomic mass is 10.2. The predicted octanol–water partition coefficient (Wildman–Crippen LogP) is 3.96. The zero-order chi connectivity index (χ0) is 15.5. The molecule has 112 valence electrons. The van der Waals surface area contributed by atoms with Crippen molar-refractivity contribution in [3.05, 3.63) is 51.2 Å². The summed E-state index contributed by atoms with van der Waals surface area (Å²) in [6.07, 6.45) is 0.895. The van der Waals surface area contributed by atoms with Gasteiger partial charge in [-0.05, 0) is 36.8 Å². The molecular formula is C16H13NO3S2. The summed E-state index contributed by atoms with van der Waals surface area (Å²) in [5.74, 6) is -0.659. The second-order valence-electron chi connectivity index (χ2n) is 4.65. The van der Waals surface area contributed by atoms with Crippen LogP contribution in [0.1, 0.15) is 31.8 Å². The van der Waals surface area contributed by atoms with Crippen LogP contribution in [0.5, 0.6) is 0 Å². The number of hydrogen-bond acceptors (Lipinski definition) is 6. The fourth-order valence-corrected chi connectivity index (χ4v) is 3.57. The summed E-state index contributed by atoms with van der Waals surface area (Å²) in [7, 11) is 0. The van der Waals surface area contributed by atoms with Crippen molar-refractivity contribution in [1.29, 1.82) is 0 Å². The maximum absolute atomic E-state index is 12.0. The number of carbonyl (C=O) groups is 2. The van der Waals surface area contributed by atoms with Gasteiger partial charge >= 0.3 is 5.97 Å². The molecule has 0 amide bonds. The Morgan fingerprint density at radius 3 is 2.86 bits per heavy atom. The molecule has 0 N–H and O–H groups in total. The highest BCUT2D eigenvalue weighted by Gasteiger charge is 2.14. The van der Waals surface area contributed by atoms with Crippen LogP contribution in [0.4, 0.5) is 0 Å². The van der Waals surface area contributed by atoms with Crippen molar-refractivity contribution >= 4 is 44.6 Å². The van der Waals surface area contributed by atoms with E-state index >= 15 is 0 Å². The maximum Gasteiger partial charge on any atom is 0.338 e. The number of thiazole rings is 1. The van der Waals surface area contributed by atoms with Gasteiger partial charge in [0.1, 0.15) is 0 Å². The number of fused-ring (bicyclic) bond motifs is 1. The van der Waals surface area contributed by atoms with E-state index in [1.54, 1.807) is 29.8 Å². The Kier molecular flexibility index (Phi) is 4.31. The summed E-state index contributed by atoms with van der Waals surface area (Å²) in [6.45, 7) is 1.80. The molecule has 0 radical (unpaired) electrons. The molecule has 3 aromatic rings. The number of hydrogen-bond donors (Lipinski definition) is 0. The van der Waals surface area contributed by atoms with Crippen molar-refractivity contribution in [2.45, 2.75) is 13.3 Å². The first-order valence-electron chi connectivity index (χ1n) is 6.79. The number of nitrogens with zero attached hydrogens (tertiary/aromatic N) is 1. The molecule has 0 unspecified atom stereocenters. The molecule has 0 atom stereocenters. The lowest BCUT2D eigenvalue weighted by Crippen LogP contribution is -2.13. The Balaban J connectivity index is 1.65. The van der Waals surface area contributed by atoms with Crippen LogP contribution >= 0.6 is 22.7 Å². The van der Waals surface area contributed by atoms with E-state index in [-0.39, 0.29) is 12.4 Å². The highest BCUT2D eigenvalue weighted by atomic mass is 32.1. The highest BCUT2D eigenvalue weighted by molar-refractivity contribution is 7.16. The topological polar surface area (TPSA) is 56.3 Å². The van der Waals surface area contributed by atoms with Gasteiger partial charge in [-0.15, -0.1) is 22.7 Å². The second-order valence-corrected chi connectivity index (χ2v) is 6.71. The number of rotatable bonds is 5. The van der Waals surface area contributed by atoms with E-state index < -0.39 is 5.97 Å². The van der Waals surface area contributed by atoms with Gasteiger partial charge in [0.15, 0.2) is 6.61 Å². The van der Waals surface area contributed by atoms with Crippen LogP contribution in [-0.2, 0) is 11.2 Å². The molecule has 0 saturated carbocycles. The number of ketones is 1. The average molecular weight is 331 g/mol. The lowest BCUT2D eigenvalue weighted by Gasteiger charge is -2.03. The van der Waals surface area contributed by atoms with Gasteiger partial charge in [-0.3, -0.25) is 4.79 Å². The Bertz CT molecular complexity index is 835. The monoisotopic (exact) mass is 331 g/mol. The van der Waals surface area contributed by atoms with Crippen molar-refractivity contribution in [3.63, 3.8) is 0 Å². The van der Waals surface area contributed by atoms with Gasteiger partial charge in [0.2, 0.25) is 5.78 Å². The molecule has 0 saturated heterocycles. The SMILES string of the molecule is CCc1ccc(C(=O)COC(=O)c2ccc3ncsc3c2)s1. The molecule has 2 heterocycles. The molecule has 22 heavy (non-hydrogen) atoms. The van der Waals surface area contributed by atoms with E-state index in [4.69, 9.17) is 4.74 Å². The molecule has 0 bridgehead atoms. The molecule has 6 heteroatoms. The van der Waals surface area contributed by atoms with E-state index in [9.17, 15) is 9.59 Å². The second kappa shape index (κ2) is 6.37. The van der Waals surface area contributed by atoms with Crippen LogP contribution in [-0.4, -0.2) is 23.3 Å². The van der Waals surface area contributed by atoms with Crippen LogP contribution in [0.2, 0.25) is 0 Å². The third kappa shape index (κ3) is 3.08. The molecule has 1 aromatic carbocycles. The van der Waals surface area contributed by atoms with Crippen LogP contribution in [0.3, 0.4) is 0 Å². The molecule has 0 spiro atoms. The minimum atomic E-state index is -0.490. The number of aryl methyl sites for hydroxylation is 1. The van der Waals surface area contributed by atoms with Crippen molar-refractivity contribution in [2.24, 2.45) is 0 Å². The van der Waals surface area contributed by atoms with Gasteiger partial charge in [-0.25, -0.2) is 9.78 Å². The Hall–Kier alpha value is -2.05. The number of aromatic nitrogens is 1. The van der Waals surface area contributed by atoms with Crippen molar-refractivity contribution in [2.75, 3.05) is 6.61 Å². The average Bonchev–Trinajstić information content (AvgIpc) is 3.19. The minimum absolute atomic E-state index is 0.170. The molecule has 0 fully saturated rings. The summed E-state index contributed by atoms with van der Waals surface area (Å²) >= 11 is 2.91. The van der Waals surface area contributed by atoms with Gasteiger partial charge in [0, 0.05) is 4.88 Å². The maximum atomic E-state index is 12.0. The normalized spacial score (nSPS) is 10.8. The standard InChI is InChI=1S/C16H13NO3S2/c1-2-11-4-6-14(22-11)13(18)8-20-16(19)10-3-5-12-15(7-10)21-9-17-12/h3-7,9H,2,8H2,1H3. The van der Waals surface area contributed by atoms with E-state index in [2.05, 4.69) is 4.98 Å². The van der Waals surface area contributed by atoms with Gasteiger partial charge in [-0.2, -0.15) is 0 Å². The Morgan fingerprint density at radius 2 is 2.09 bits per heavy atom. The van der Waals surface area contributed by atoms with Crippen molar-refractivity contribution < 1.29 is 14.3 Å². The number of ether oxygens (including phenoxy) is 1. The fraction of sp³-hybridized carbons (Fsp3) is 0.188. The van der Waals surface area contributed by atoms with Crippen molar-refractivity contribution in [1.82, 2.24) is 4.98 Å². The zero-order valence-electron chi connectivity index (χ0n) is 11.9. The molecule has 0 aliphatic carbocycles. The fourth-order valence-electron chi connectivity index (χ4n) is 1.99. The predicted molar refractivity (Wildman–Crippen MR) is 87.9 cm³/mol. The summed E-state index contributed by atoms with van der Waals surface area (Å²) in [6, 6.07) is 8.88. The van der Waals surface area contributed by atoms with E-state index in [0.717, 1.165) is 21.5 Å². The Labute approximate surface area is 135 Å². The highest BCUT2D eigenvalue weighted by Crippen LogP contribution is 2.20. The zero-order valence-corrected chi connectivity index (χ0v) is 13.5. The first-order chi connectivity index (χ1) is 10.7. The molecule has 4 nitrogen and oxygen atoms in total. The molecule has 0 aliphatic heterocycles. The first-order valence-corrected chi connectivity index (χ1v) is 8.49. The van der Waals surface area contributed by atoms with Gasteiger partial charge in [-0.1, -0.05) is 6.92 Å². The Morgan fingerprint density at radius 1 is 1.23 bits per heavy atom. The first kappa shape index (κ1) is 14.9. The largest absolute Gasteiger partial charge is 0.454 e. The van der Waals surface area contributed by atoms with Gasteiger partial charge in [0.05, 0.1) is 26.2 Å². The van der Waals surface area contributed by atoms with Gasteiger partial charge in [0.25, 0.3) is 0 Å². The minimum Gasteiger partial charge on any atom is -0.454 e. The molecule has 2 aromatic heterocycles. The van der Waals surface area contributed by atoms with Crippen LogP contribution in [0, 0.1) is 0 Å². The molecule has 3 rings (SSSR count). The third-order valence-corrected chi connectivity index (χ3v) is 5.25. The van der Waals surface area contributed by atoms with Crippen LogP contribution in [0.15, 0.2) is 35.8 Å². The number of benzene rings is 1. The lowest BCUT2D eigenvalue weighted by molar-refractivity contribution is 0.0476. The number of carbonyl (C=O) groups excluding carboxylic acids is 2. The number of Topliss-reactive ketones (excluding diaryl/α,β-unsaturated/α-hetero) is 1. The summed E-state index contributed by atoms with van der Waals surface area (Å²) in [5.41, 5.74) is 3.01. The summed E-state index contributed by atoms with van der Waals surface area (Å²) < 4.78 is 6.04. The van der Waals surface area contributed by atoms with E-state index in [1.165, 1.54) is 22.7 Å². The quantitative estimate of drug-likeness (QED) is 0.524. The third-order valence-electron chi connectivity index (χ3n) is 3.19. The summed E-state index contributed by atoms with van der Waals surface area (Å²) in [5, 5.41) is 0. The van der Waals surface area contributed by atoms with Crippen LogP contribution < -0.4 is 0 Å². The van der Waals surface area contributed by atoms with E-state index in [1.807, 2.05) is 13.0 Å². The van der Waals surface area contributed by atoms with Crippen molar-refractivity contribution in [3.8, 4) is 0 Å². The smallest absolute Gasteiger partial charge is 0.338 e.